The molecule has 0 N–H and O–H groups in total. The summed E-state index contributed by atoms with van der Waals surface area (Å²) in [5, 5.41) is 0. The molecule has 16 heavy (non-hydrogen) atoms. The molecule has 1 aliphatic rings. The number of anilines is 1. The summed E-state index contributed by atoms with van der Waals surface area (Å²) in [4.78, 5) is 6.71. The first-order valence-electron chi connectivity index (χ1n) is 5.67. The molecule has 1 aliphatic heterocycles. The highest BCUT2D eigenvalue weighted by molar-refractivity contribution is 6.17. The Kier molecular flexibility index (Phi) is 4.02. The van der Waals surface area contributed by atoms with Crippen molar-refractivity contribution in [2.75, 3.05) is 24.6 Å². The molecule has 0 bridgehead atoms. The van der Waals surface area contributed by atoms with Crippen LogP contribution in [0.15, 0.2) is 18.3 Å². The number of hydrogen-bond donors (Lipinski definition) is 0. The van der Waals surface area contributed by atoms with Crippen molar-refractivity contribution in [2.45, 2.75) is 25.3 Å². The van der Waals surface area contributed by atoms with Crippen molar-refractivity contribution >= 4 is 17.4 Å². The lowest BCUT2D eigenvalue weighted by Gasteiger charge is -2.23. The maximum Gasteiger partial charge on any atom is 0.128 e. The minimum atomic E-state index is 0.275. The largest absolute Gasteiger partial charge is 0.377 e. The molecule has 4 heteroatoms. The van der Waals surface area contributed by atoms with Crippen molar-refractivity contribution in [2.24, 2.45) is 0 Å². The van der Waals surface area contributed by atoms with Gasteiger partial charge in [-0.3, -0.25) is 0 Å². The van der Waals surface area contributed by atoms with Gasteiger partial charge in [0.2, 0.25) is 0 Å². The summed E-state index contributed by atoms with van der Waals surface area (Å²) in [5.74, 6) is 1.54. The third-order valence-electron chi connectivity index (χ3n) is 2.74. The molecule has 1 atom stereocenters. The van der Waals surface area contributed by atoms with E-state index in [1.807, 2.05) is 18.3 Å². The SMILES string of the molecule is CC1CN(c2ccc(CCl)cn2)CCCO1. The zero-order chi connectivity index (χ0) is 11.4. The quantitative estimate of drug-likeness (QED) is 0.743. The molecule has 1 aromatic heterocycles. The van der Waals surface area contributed by atoms with Crippen LogP contribution in [0.5, 0.6) is 0 Å². The summed E-state index contributed by atoms with van der Waals surface area (Å²) in [6, 6.07) is 4.07. The van der Waals surface area contributed by atoms with E-state index in [0.717, 1.165) is 37.5 Å². The Labute approximate surface area is 101 Å². The summed E-state index contributed by atoms with van der Waals surface area (Å²) >= 11 is 5.74. The van der Waals surface area contributed by atoms with Gasteiger partial charge in [0.15, 0.2) is 0 Å². The van der Waals surface area contributed by atoms with Crippen LogP contribution in [0, 0.1) is 0 Å². The average Bonchev–Trinajstić information content (AvgIpc) is 2.54. The second-order valence-corrected chi connectivity index (χ2v) is 4.41. The zero-order valence-electron chi connectivity index (χ0n) is 9.53. The Morgan fingerprint density at radius 2 is 2.44 bits per heavy atom. The summed E-state index contributed by atoms with van der Waals surface area (Å²) in [6.07, 6.45) is 3.18. The number of aromatic nitrogens is 1. The monoisotopic (exact) mass is 240 g/mol. The summed E-state index contributed by atoms with van der Waals surface area (Å²) in [7, 11) is 0. The van der Waals surface area contributed by atoms with Crippen LogP contribution in [0.4, 0.5) is 5.82 Å². The van der Waals surface area contributed by atoms with E-state index in [1.165, 1.54) is 0 Å². The van der Waals surface area contributed by atoms with Crippen LogP contribution in [0.25, 0.3) is 0 Å². The number of nitrogens with zero attached hydrogens (tertiary/aromatic N) is 2. The third-order valence-corrected chi connectivity index (χ3v) is 3.05. The van der Waals surface area contributed by atoms with Gasteiger partial charge in [-0.15, -0.1) is 11.6 Å². The predicted molar refractivity (Wildman–Crippen MR) is 66.0 cm³/mol. The fourth-order valence-electron chi connectivity index (χ4n) is 1.89. The number of rotatable bonds is 2. The number of halogens is 1. The Hall–Kier alpha value is -0.800. The molecular formula is C12H17ClN2O. The molecule has 0 saturated carbocycles. The van der Waals surface area contributed by atoms with Gasteiger partial charge in [0.05, 0.1) is 6.10 Å². The van der Waals surface area contributed by atoms with Crippen molar-refractivity contribution in [3.63, 3.8) is 0 Å². The van der Waals surface area contributed by atoms with Gasteiger partial charge in [-0.2, -0.15) is 0 Å². The van der Waals surface area contributed by atoms with Crippen LogP contribution < -0.4 is 4.90 Å². The Bertz CT molecular complexity index is 328. The Morgan fingerprint density at radius 1 is 1.56 bits per heavy atom. The molecule has 1 aromatic rings. The van der Waals surface area contributed by atoms with Gasteiger partial charge in [0, 0.05) is 31.8 Å². The first-order valence-corrected chi connectivity index (χ1v) is 6.20. The van der Waals surface area contributed by atoms with Crippen LogP contribution in [0.3, 0.4) is 0 Å². The smallest absolute Gasteiger partial charge is 0.128 e. The molecule has 1 fully saturated rings. The number of pyridine rings is 1. The Balaban J connectivity index is 2.09. The average molecular weight is 241 g/mol. The first kappa shape index (κ1) is 11.7. The van der Waals surface area contributed by atoms with Crippen LogP contribution in [-0.2, 0) is 10.6 Å². The van der Waals surface area contributed by atoms with Crippen LogP contribution >= 0.6 is 11.6 Å². The van der Waals surface area contributed by atoms with Crippen molar-refractivity contribution in [1.29, 1.82) is 0 Å². The van der Waals surface area contributed by atoms with Gasteiger partial charge in [-0.05, 0) is 25.0 Å². The third kappa shape index (κ3) is 2.86. The molecule has 0 spiro atoms. The van der Waals surface area contributed by atoms with Crippen LogP contribution in [0.1, 0.15) is 18.9 Å². The fourth-order valence-corrected chi connectivity index (χ4v) is 2.04. The highest BCUT2D eigenvalue weighted by Crippen LogP contribution is 2.16. The molecule has 1 saturated heterocycles. The number of alkyl halides is 1. The minimum Gasteiger partial charge on any atom is -0.377 e. The molecule has 88 valence electrons. The van der Waals surface area contributed by atoms with E-state index < -0.39 is 0 Å². The summed E-state index contributed by atoms with van der Waals surface area (Å²) < 4.78 is 5.61. The van der Waals surface area contributed by atoms with E-state index in [-0.39, 0.29) is 6.10 Å². The summed E-state index contributed by atoms with van der Waals surface area (Å²) in [6.45, 7) is 4.87. The molecule has 0 radical (unpaired) electrons. The first-order chi connectivity index (χ1) is 7.79. The molecule has 2 heterocycles. The molecule has 3 nitrogen and oxygen atoms in total. The lowest BCUT2D eigenvalue weighted by atomic mass is 10.3. The minimum absolute atomic E-state index is 0.275. The predicted octanol–water partition coefficient (Wildman–Crippen LogP) is 2.44. The van der Waals surface area contributed by atoms with Crippen molar-refractivity contribution < 1.29 is 4.74 Å². The van der Waals surface area contributed by atoms with Gasteiger partial charge < -0.3 is 9.64 Å². The molecule has 0 aromatic carbocycles. The van der Waals surface area contributed by atoms with E-state index in [0.29, 0.717) is 5.88 Å². The molecule has 1 unspecified atom stereocenters. The zero-order valence-corrected chi connectivity index (χ0v) is 10.3. The van der Waals surface area contributed by atoms with E-state index >= 15 is 0 Å². The maximum absolute atomic E-state index is 5.74. The van der Waals surface area contributed by atoms with Crippen LogP contribution in [0.2, 0.25) is 0 Å². The highest BCUT2D eigenvalue weighted by Gasteiger charge is 2.15. The van der Waals surface area contributed by atoms with E-state index in [4.69, 9.17) is 16.3 Å². The molecular weight excluding hydrogens is 224 g/mol. The topological polar surface area (TPSA) is 25.4 Å². The number of ether oxygens (including phenoxy) is 1. The van der Waals surface area contributed by atoms with Gasteiger partial charge in [0.1, 0.15) is 5.82 Å². The number of hydrogen-bond acceptors (Lipinski definition) is 3. The maximum atomic E-state index is 5.74. The van der Waals surface area contributed by atoms with Crippen molar-refractivity contribution in [3.8, 4) is 0 Å². The van der Waals surface area contributed by atoms with E-state index in [2.05, 4.69) is 16.8 Å². The van der Waals surface area contributed by atoms with Gasteiger partial charge in [-0.1, -0.05) is 6.07 Å². The molecule has 0 aliphatic carbocycles. The lowest BCUT2D eigenvalue weighted by Crippen LogP contribution is -2.30. The summed E-state index contributed by atoms with van der Waals surface area (Å²) in [5.41, 5.74) is 1.06. The Morgan fingerprint density at radius 3 is 3.12 bits per heavy atom. The standard InChI is InChI=1S/C12H17ClN2O/c1-10-9-15(5-2-6-16-10)12-4-3-11(7-13)8-14-12/h3-4,8,10H,2,5-7,9H2,1H3. The second-order valence-electron chi connectivity index (χ2n) is 4.14. The molecule has 2 rings (SSSR count). The fraction of sp³-hybridized carbons (Fsp3) is 0.583. The van der Waals surface area contributed by atoms with Crippen LogP contribution in [-0.4, -0.2) is 30.8 Å². The van der Waals surface area contributed by atoms with E-state index in [9.17, 15) is 0 Å². The second kappa shape index (κ2) is 5.51. The van der Waals surface area contributed by atoms with E-state index in [1.54, 1.807) is 0 Å². The van der Waals surface area contributed by atoms with Gasteiger partial charge in [-0.25, -0.2) is 4.98 Å². The normalized spacial score (nSPS) is 21.9. The highest BCUT2D eigenvalue weighted by atomic mass is 35.5. The van der Waals surface area contributed by atoms with Crippen molar-refractivity contribution in [3.05, 3.63) is 23.9 Å². The van der Waals surface area contributed by atoms with Gasteiger partial charge >= 0.3 is 0 Å². The van der Waals surface area contributed by atoms with Crippen molar-refractivity contribution in [1.82, 2.24) is 4.98 Å². The lowest BCUT2D eigenvalue weighted by molar-refractivity contribution is 0.0820. The van der Waals surface area contributed by atoms with Gasteiger partial charge in [0.25, 0.3) is 0 Å². The molecule has 0 amide bonds.